The molecule has 116 valence electrons. The van der Waals surface area contributed by atoms with Crippen LogP contribution in [0.5, 0.6) is 0 Å². The van der Waals surface area contributed by atoms with Crippen molar-refractivity contribution < 1.29 is 20.9 Å². The van der Waals surface area contributed by atoms with E-state index < -0.39 is 12.3 Å². The summed E-state index contributed by atoms with van der Waals surface area (Å²) in [4.78, 5) is 21.3. The van der Waals surface area contributed by atoms with Crippen molar-refractivity contribution in [1.82, 2.24) is 0 Å². The van der Waals surface area contributed by atoms with Crippen molar-refractivity contribution in [3.8, 4) is 0 Å². The minimum absolute atomic E-state index is 0. The van der Waals surface area contributed by atoms with E-state index in [-0.39, 0.29) is 8.85 Å². The topological polar surface area (TPSA) is 63.6 Å². The first-order chi connectivity index (χ1) is 8.84. The van der Waals surface area contributed by atoms with E-state index in [1.54, 1.807) is 13.8 Å². The Bertz CT molecular complexity index is 436. The van der Waals surface area contributed by atoms with Gasteiger partial charge in [-0.15, -0.1) is 13.2 Å². The van der Waals surface area contributed by atoms with Gasteiger partial charge in [0.05, 0.1) is 0 Å². The molecule has 0 fully saturated rings. The highest BCUT2D eigenvalue weighted by Gasteiger charge is 2.25. The predicted molar refractivity (Wildman–Crippen MR) is 83.2 cm³/mol. The molecule has 0 spiro atoms. The van der Waals surface area contributed by atoms with Crippen LogP contribution in [0.2, 0.25) is 0 Å². The molecule has 0 aromatic heterocycles. The fourth-order valence-corrected chi connectivity index (χ4v) is 1.54. The molecule has 0 amide bonds. The number of allylic oxidation sites excluding steroid dienone is 2. The molecule has 1 N–H and O–H groups in total. The maximum Gasteiger partial charge on any atom is 0.336 e. The second kappa shape index (κ2) is 9.26. The number of cyclic esters (lactones) is 1. The SMILES string of the molecule is C.C=C.CC1=C(C)C(=O)CC1.CC1=C(C)C(O)OC1=O.[HH]. The van der Waals surface area contributed by atoms with E-state index in [1.807, 2.05) is 13.8 Å². The summed E-state index contributed by atoms with van der Waals surface area (Å²) in [5.74, 6) is -0.0810. The molecule has 4 heteroatoms. The average Bonchev–Trinajstić information content (AvgIpc) is 2.81. The number of rotatable bonds is 0. The molecule has 0 saturated carbocycles. The number of esters is 1. The number of carbonyl (C=O) groups is 2. The molecule has 20 heavy (non-hydrogen) atoms. The van der Waals surface area contributed by atoms with Gasteiger partial charge in [0.25, 0.3) is 0 Å². The molecule has 0 aromatic rings. The molecule has 1 heterocycles. The van der Waals surface area contributed by atoms with E-state index in [4.69, 9.17) is 5.11 Å². The van der Waals surface area contributed by atoms with Crippen LogP contribution in [0, 0.1) is 0 Å². The van der Waals surface area contributed by atoms with Crippen LogP contribution in [-0.4, -0.2) is 23.1 Å². The van der Waals surface area contributed by atoms with E-state index >= 15 is 0 Å². The van der Waals surface area contributed by atoms with Crippen LogP contribution in [-0.2, 0) is 14.3 Å². The highest BCUT2D eigenvalue weighted by atomic mass is 16.6. The highest BCUT2D eigenvalue weighted by molar-refractivity contribution is 5.97. The molecule has 1 unspecified atom stereocenters. The van der Waals surface area contributed by atoms with Gasteiger partial charge in [0, 0.05) is 19.0 Å². The second-order valence-corrected chi connectivity index (χ2v) is 4.39. The van der Waals surface area contributed by atoms with Gasteiger partial charge in [-0.25, -0.2) is 4.79 Å². The molecule has 2 rings (SSSR count). The summed E-state index contributed by atoms with van der Waals surface area (Å²) >= 11 is 0. The van der Waals surface area contributed by atoms with Crippen molar-refractivity contribution in [3.05, 3.63) is 35.5 Å². The minimum Gasteiger partial charge on any atom is -0.428 e. The Morgan fingerprint density at radius 1 is 1.10 bits per heavy atom. The average molecular weight is 284 g/mol. The molecule has 0 aromatic carbocycles. The molecule has 0 saturated heterocycles. The predicted octanol–water partition coefficient (Wildman–Crippen LogP) is 3.57. The van der Waals surface area contributed by atoms with Crippen LogP contribution in [0.15, 0.2) is 35.5 Å². The Balaban J connectivity index is -0.000000255. The van der Waals surface area contributed by atoms with Gasteiger partial charge < -0.3 is 9.84 Å². The quantitative estimate of drug-likeness (QED) is 0.545. The lowest BCUT2D eigenvalue weighted by Gasteiger charge is -1.99. The number of Topliss-reactive ketones (excluding diaryl/α,β-unsaturated/α-hetero) is 1. The first kappa shape index (κ1) is 20.6. The smallest absolute Gasteiger partial charge is 0.336 e. The largest absolute Gasteiger partial charge is 0.428 e. The van der Waals surface area contributed by atoms with Crippen molar-refractivity contribution >= 4 is 11.8 Å². The zero-order valence-electron chi connectivity index (χ0n) is 12.1. The molecule has 4 nitrogen and oxygen atoms in total. The van der Waals surface area contributed by atoms with E-state index in [0.717, 1.165) is 18.4 Å². The third-order valence-corrected chi connectivity index (χ3v) is 3.27. The molecule has 2 aliphatic rings. The van der Waals surface area contributed by atoms with Crippen molar-refractivity contribution in [2.45, 2.75) is 54.3 Å². The Morgan fingerprint density at radius 2 is 1.60 bits per heavy atom. The lowest BCUT2D eigenvalue weighted by atomic mass is 10.2. The summed E-state index contributed by atoms with van der Waals surface area (Å²) in [7, 11) is 0. The third kappa shape index (κ3) is 5.13. The van der Waals surface area contributed by atoms with Gasteiger partial charge in [-0.2, -0.15) is 0 Å². The molecule has 1 aliphatic heterocycles. The standard InChI is InChI=1S/C7H10O.C6H8O3.C2H4.CH4.H2/c1-5-3-4-7(8)6(5)2;1-3-4(2)6(8)9-5(3)7;1-2;;/h3-4H2,1-2H3;5,7H,1-2H3;1-2H2;1H4;1H. The molecule has 1 atom stereocenters. The number of aliphatic hydroxyl groups excluding tert-OH is 1. The molecular formula is C16H28O4. The van der Waals surface area contributed by atoms with E-state index in [2.05, 4.69) is 17.9 Å². The van der Waals surface area contributed by atoms with Crippen LogP contribution in [0.25, 0.3) is 0 Å². The summed E-state index contributed by atoms with van der Waals surface area (Å²) in [6.45, 7) is 13.2. The normalized spacial score (nSPS) is 20.6. The highest BCUT2D eigenvalue weighted by Crippen LogP contribution is 2.20. The Labute approximate surface area is 123 Å². The van der Waals surface area contributed by atoms with Gasteiger partial charge in [0.15, 0.2) is 5.78 Å². The number of ether oxygens (including phenoxy) is 1. The third-order valence-electron chi connectivity index (χ3n) is 3.27. The summed E-state index contributed by atoms with van der Waals surface area (Å²) in [5.41, 5.74) is 3.39. The zero-order valence-corrected chi connectivity index (χ0v) is 12.1. The van der Waals surface area contributed by atoms with Crippen molar-refractivity contribution in [2.24, 2.45) is 0 Å². The number of hydrogen-bond acceptors (Lipinski definition) is 4. The van der Waals surface area contributed by atoms with Crippen molar-refractivity contribution in [2.75, 3.05) is 0 Å². The Kier molecular flexibility index (Phi) is 9.55. The van der Waals surface area contributed by atoms with Crippen molar-refractivity contribution in [3.63, 3.8) is 0 Å². The summed E-state index contributed by atoms with van der Waals surface area (Å²) in [5, 5.41) is 8.84. The van der Waals surface area contributed by atoms with Crippen LogP contribution in [0.1, 0.15) is 49.4 Å². The van der Waals surface area contributed by atoms with Gasteiger partial charge in [-0.3, -0.25) is 4.79 Å². The summed E-state index contributed by atoms with van der Waals surface area (Å²) < 4.78 is 4.43. The first-order valence-corrected chi connectivity index (χ1v) is 6.10. The lowest BCUT2D eigenvalue weighted by molar-refractivity contribution is -0.151. The molecule has 0 radical (unpaired) electrons. The molecule has 1 aliphatic carbocycles. The lowest BCUT2D eigenvalue weighted by Crippen LogP contribution is -2.07. The fraction of sp³-hybridized carbons (Fsp3) is 0.500. The van der Waals surface area contributed by atoms with Crippen LogP contribution in [0.3, 0.4) is 0 Å². The number of hydrogen-bond donors (Lipinski definition) is 1. The Morgan fingerprint density at radius 3 is 1.70 bits per heavy atom. The van der Waals surface area contributed by atoms with Crippen LogP contribution >= 0.6 is 0 Å². The summed E-state index contributed by atoms with van der Waals surface area (Å²) in [6.07, 6.45) is 0.736. The first-order valence-electron chi connectivity index (χ1n) is 6.10. The zero-order chi connectivity index (χ0) is 15.2. The number of carbonyl (C=O) groups excluding carboxylic acids is 2. The van der Waals surface area contributed by atoms with Gasteiger partial charge in [-0.05, 0) is 39.7 Å². The van der Waals surface area contributed by atoms with Gasteiger partial charge in [-0.1, -0.05) is 13.0 Å². The van der Waals surface area contributed by atoms with Gasteiger partial charge in [0.1, 0.15) is 0 Å². The van der Waals surface area contributed by atoms with E-state index in [0.29, 0.717) is 16.9 Å². The minimum atomic E-state index is -1.00. The Hall–Kier alpha value is -1.68. The van der Waals surface area contributed by atoms with E-state index in [1.165, 1.54) is 5.57 Å². The maximum absolute atomic E-state index is 10.7. The number of ketones is 1. The second-order valence-electron chi connectivity index (χ2n) is 4.39. The van der Waals surface area contributed by atoms with Crippen molar-refractivity contribution in [1.29, 1.82) is 0 Å². The van der Waals surface area contributed by atoms with Gasteiger partial charge >= 0.3 is 5.97 Å². The van der Waals surface area contributed by atoms with E-state index in [9.17, 15) is 9.59 Å². The van der Waals surface area contributed by atoms with Gasteiger partial charge in [0.2, 0.25) is 6.29 Å². The fourth-order valence-electron chi connectivity index (χ4n) is 1.54. The summed E-state index contributed by atoms with van der Waals surface area (Å²) in [6, 6.07) is 0. The molecule has 0 bridgehead atoms. The monoisotopic (exact) mass is 284 g/mol. The van der Waals surface area contributed by atoms with Crippen LogP contribution in [0.4, 0.5) is 0 Å². The van der Waals surface area contributed by atoms with Crippen LogP contribution < -0.4 is 0 Å². The number of aliphatic hydroxyl groups is 1. The molecular weight excluding hydrogens is 256 g/mol. The maximum atomic E-state index is 10.7.